The van der Waals surface area contributed by atoms with Crippen molar-refractivity contribution in [3.8, 4) is 0 Å². The van der Waals surface area contributed by atoms with E-state index in [1.54, 1.807) is 0 Å². The number of hydrogen-bond donors (Lipinski definition) is 0. The Balaban J connectivity index is 0.00000612. The van der Waals surface area contributed by atoms with E-state index >= 15 is 0 Å². The van der Waals surface area contributed by atoms with Gasteiger partial charge in [-0.2, -0.15) is 0 Å². The maximum Gasteiger partial charge on any atom is 1.00 e. The SMILES string of the molecule is COCCOC(=O)c1ccc(C(=O)OCCOC(=O)c2ccc(C(C)=O)cc2)cc1S(=O)(=O)[O-].[Na+]. The number of methoxy groups -OCH3 is 1. The van der Waals surface area contributed by atoms with E-state index in [-0.39, 0.29) is 72.9 Å². The number of ether oxygens (including phenoxy) is 4. The van der Waals surface area contributed by atoms with Crippen molar-refractivity contribution in [1.82, 2.24) is 0 Å². The molecular formula is C22H21NaO11S. The van der Waals surface area contributed by atoms with Crippen molar-refractivity contribution >= 4 is 33.8 Å². The molecule has 0 bridgehead atoms. The predicted molar refractivity (Wildman–Crippen MR) is 114 cm³/mol. The third-order valence-electron chi connectivity index (χ3n) is 4.30. The summed E-state index contributed by atoms with van der Waals surface area (Å²) in [4.78, 5) is 46.6. The maximum atomic E-state index is 12.2. The topological polar surface area (TPSA) is 162 Å². The molecule has 2 aromatic rings. The summed E-state index contributed by atoms with van der Waals surface area (Å²) in [5.41, 5.74) is -0.227. The molecule has 182 valence electrons. The average Bonchev–Trinajstić information content (AvgIpc) is 2.80. The zero-order chi connectivity index (χ0) is 25.3. The molecule has 0 aliphatic rings. The van der Waals surface area contributed by atoms with Gasteiger partial charge in [0.05, 0.1) is 28.2 Å². The largest absolute Gasteiger partial charge is 1.00 e. The first kappa shape index (κ1) is 30.4. The molecular weight excluding hydrogens is 495 g/mol. The van der Waals surface area contributed by atoms with E-state index in [2.05, 4.69) is 0 Å². The van der Waals surface area contributed by atoms with Crippen LogP contribution in [0.5, 0.6) is 0 Å². The first-order valence-electron chi connectivity index (χ1n) is 9.76. The number of esters is 3. The number of carbonyl (C=O) groups is 4. The van der Waals surface area contributed by atoms with Gasteiger partial charge in [0.2, 0.25) is 0 Å². The molecule has 2 aromatic carbocycles. The standard InChI is InChI=1S/C22H22O11S.Na/c1-14(23)15-3-5-16(6-4-15)20(24)31-11-12-32-21(25)17-7-8-18(19(13-17)34(27,28)29)22(26)33-10-9-30-2;/h3-8,13H,9-12H2,1-2H3,(H,27,28,29);/q;+1/p-1. The molecule has 0 heterocycles. The Morgan fingerprint density at radius 3 is 1.71 bits per heavy atom. The number of ketones is 1. The molecule has 0 atom stereocenters. The molecule has 0 spiro atoms. The summed E-state index contributed by atoms with van der Waals surface area (Å²) in [7, 11) is -3.75. The molecule has 0 unspecified atom stereocenters. The molecule has 0 radical (unpaired) electrons. The fraction of sp³-hybridized carbons (Fsp3) is 0.273. The van der Waals surface area contributed by atoms with Crippen LogP contribution < -0.4 is 29.6 Å². The normalized spacial score (nSPS) is 10.6. The van der Waals surface area contributed by atoms with Gasteiger partial charge in [0.15, 0.2) is 5.78 Å². The van der Waals surface area contributed by atoms with Crippen LogP contribution in [0.2, 0.25) is 0 Å². The Morgan fingerprint density at radius 2 is 1.20 bits per heavy atom. The first-order chi connectivity index (χ1) is 16.0. The second-order valence-electron chi connectivity index (χ2n) is 6.70. The predicted octanol–water partition coefficient (Wildman–Crippen LogP) is -1.39. The van der Waals surface area contributed by atoms with Gasteiger partial charge in [0, 0.05) is 12.7 Å². The van der Waals surface area contributed by atoms with Gasteiger partial charge in [-0.3, -0.25) is 4.79 Å². The summed E-state index contributed by atoms with van der Waals surface area (Å²) in [5, 5.41) is 0. The smallest absolute Gasteiger partial charge is 0.744 e. The Morgan fingerprint density at radius 1 is 0.743 bits per heavy atom. The zero-order valence-electron chi connectivity index (χ0n) is 19.3. The van der Waals surface area contributed by atoms with E-state index in [0.717, 1.165) is 12.1 Å². The Labute approximate surface area is 223 Å². The summed E-state index contributed by atoms with van der Waals surface area (Å²) >= 11 is 0. The van der Waals surface area contributed by atoms with E-state index < -0.39 is 38.5 Å². The summed E-state index contributed by atoms with van der Waals surface area (Å²) < 4.78 is 54.1. The van der Waals surface area contributed by atoms with Gasteiger partial charge in [-0.1, -0.05) is 12.1 Å². The summed E-state index contributed by atoms with van der Waals surface area (Å²) in [6.07, 6.45) is 0. The third-order valence-corrected chi connectivity index (χ3v) is 5.18. The van der Waals surface area contributed by atoms with Crippen LogP contribution >= 0.6 is 0 Å². The van der Waals surface area contributed by atoms with Gasteiger partial charge < -0.3 is 23.5 Å². The van der Waals surface area contributed by atoms with Crippen molar-refractivity contribution in [2.24, 2.45) is 0 Å². The van der Waals surface area contributed by atoms with Crippen LogP contribution in [0.25, 0.3) is 0 Å². The molecule has 0 aliphatic carbocycles. The molecule has 0 aliphatic heterocycles. The number of hydrogen-bond acceptors (Lipinski definition) is 11. The quantitative estimate of drug-likeness (QED) is 0.0863. The molecule has 0 N–H and O–H groups in total. The van der Waals surface area contributed by atoms with E-state index in [9.17, 15) is 32.1 Å². The molecule has 0 fully saturated rings. The Hall–Kier alpha value is -2.61. The molecule has 35 heavy (non-hydrogen) atoms. The van der Waals surface area contributed by atoms with Gasteiger partial charge in [-0.25, -0.2) is 22.8 Å². The first-order valence-corrected chi connectivity index (χ1v) is 11.2. The Kier molecular flexibility index (Phi) is 12.2. The summed E-state index contributed by atoms with van der Waals surface area (Å²) in [6, 6.07) is 8.53. The van der Waals surface area contributed by atoms with E-state index in [1.807, 2.05) is 0 Å². The molecule has 0 saturated carbocycles. The average molecular weight is 516 g/mol. The molecule has 11 nitrogen and oxygen atoms in total. The van der Waals surface area contributed by atoms with Crippen molar-refractivity contribution < 1.29 is 80.7 Å². The molecule has 0 aromatic heterocycles. The van der Waals surface area contributed by atoms with E-state index in [4.69, 9.17) is 18.9 Å². The van der Waals surface area contributed by atoms with Crippen molar-refractivity contribution in [3.05, 3.63) is 64.7 Å². The zero-order valence-corrected chi connectivity index (χ0v) is 22.1. The second-order valence-corrected chi connectivity index (χ2v) is 8.05. The van der Waals surface area contributed by atoms with Crippen LogP contribution in [0.3, 0.4) is 0 Å². The minimum absolute atomic E-state index is 0. The van der Waals surface area contributed by atoms with Gasteiger partial charge in [-0.05, 0) is 37.3 Å². The van der Waals surface area contributed by atoms with Crippen LogP contribution in [0, 0.1) is 0 Å². The van der Waals surface area contributed by atoms with Crippen molar-refractivity contribution in [3.63, 3.8) is 0 Å². The van der Waals surface area contributed by atoms with Crippen LogP contribution in [0.15, 0.2) is 47.4 Å². The minimum atomic E-state index is -5.12. The Bertz CT molecular complexity index is 1170. The van der Waals surface area contributed by atoms with Crippen LogP contribution in [-0.2, 0) is 29.1 Å². The fourth-order valence-corrected chi connectivity index (χ4v) is 3.29. The third kappa shape index (κ3) is 9.17. The monoisotopic (exact) mass is 516 g/mol. The van der Waals surface area contributed by atoms with E-state index in [1.165, 1.54) is 38.3 Å². The van der Waals surface area contributed by atoms with Crippen LogP contribution in [0.1, 0.15) is 48.4 Å². The van der Waals surface area contributed by atoms with Crippen molar-refractivity contribution in [1.29, 1.82) is 0 Å². The van der Waals surface area contributed by atoms with Gasteiger partial charge in [0.1, 0.15) is 29.9 Å². The van der Waals surface area contributed by atoms with Crippen molar-refractivity contribution in [2.75, 3.05) is 33.5 Å². The number of Topliss-reactive ketones (excluding diaryl/α,β-unsaturated/α-hetero) is 1. The van der Waals surface area contributed by atoms with Crippen LogP contribution in [0.4, 0.5) is 0 Å². The van der Waals surface area contributed by atoms with E-state index in [0.29, 0.717) is 11.6 Å². The molecule has 2 rings (SSSR count). The van der Waals surface area contributed by atoms with Crippen molar-refractivity contribution in [2.45, 2.75) is 11.8 Å². The second kappa shape index (κ2) is 14.1. The summed E-state index contributed by atoms with van der Waals surface area (Å²) in [6.45, 7) is 0.604. The van der Waals surface area contributed by atoms with Gasteiger partial charge in [0.25, 0.3) is 0 Å². The maximum absolute atomic E-state index is 12.2. The van der Waals surface area contributed by atoms with Gasteiger partial charge >= 0.3 is 47.5 Å². The number of benzene rings is 2. The molecule has 0 amide bonds. The van der Waals surface area contributed by atoms with Gasteiger partial charge in [-0.15, -0.1) is 0 Å². The van der Waals surface area contributed by atoms with Crippen LogP contribution in [-0.4, -0.2) is 70.2 Å². The minimum Gasteiger partial charge on any atom is -0.744 e. The number of carbonyl (C=O) groups excluding carboxylic acids is 4. The summed E-state index contributed by atoms with van der Waals surface area (Å²) in [5.74, 6) is -2.95. The molecule has 13 heteroatoms. The number of rotatable bonds is 11. The molecule has 0 saturated heterocycles. The fourth-order valence-electron chi connectivity index (χ4n) is 2.60.